The highest BCUT2D eigenvalue weighted by atomic mass is 15.1. The molecule has 1 fully saturated rings. The van der Waals surface area contributed by atoms with Crippen LogP contribution < -0.4 is 0 Å². The lowest BCUT2D eigenvalue weighted by atomic mass is 9.75. The van der Waals surface area contributed by atoms with Crippen LogP contribution >= 0.6 is 0 Å². The highest BCUT2D eigenvalue weighted by molar-refractivity contribution is 5.73. The molecule has 21 heavy (non-hydrogen) atoms. The lowest BCUT2D eigenvalue weighted by molar-refractivity contribution is 0.107. The summed E-state index contributed by atoms with van der Waals surface area (Å²) in [6.07, 6.45) is 4.52. The summed E-state index contributed by atoms with van der Waals surface area (Å²) in [7, 11) is 0. The monoisotopic (exact) mass is 283 g/mol. The summed E-state index contributed by atoms with van der Waals surface area (Å²) < 4.78 is 0. The normalized spacial score (nSPS) is 18.2. The molecule has 2 heterocycles. The van der Waals surface area contributed by atoms with Gasteiger partial charge in [-0.15, -0.1) is 0 Å². The minimum atomic E-state index is 0.439. The molecule has 1 aliphatic rings. The highest BCUT2D eigenvalue weighted by Gasteiger charge is 2.28. The molecule has 0 unspecified atom stereocenters. The summed E-state index contributed by atoms with van der Waals surface area (Å²) in [6, 6.07) is 8.09. The van der Waals surface area contributed by atoms with Crippen LogP contribution in [0, 0.1) is 11.3 Å². The number of benzene rings is 1. The van der Waals surface area contributed by atoms with E-state index in [0.29, 0.717) is 5.41 Å². The molecule has 1 aromatic heterocycles. The molecule has 0 atom stereocenters. The molecule has 3 heteroatoms. The molecule has 0 radical (unpaired) electrons. The van der Waals surface area contributed by atoms with Crippen LogP contribution in [-0.4, -0.2) is 28.0 Å². The Bertz CT molecular complexity index is 607. The lowest BCUT2D eigenvalue weighted by Crippen LogP contribution is -2.37. The molecule has 1 aromatic carbocycles. The summed E-state index contributed by atoms with van der Waals surface area (Å²) in [5.74, 6) is 0.844. The van der Waals surface area contributed by atoms with Crippen molar-refractivity contribution in [1.29, 1.82) is 0 Å². The number of hydrogen-bond donors (Lipinski definition) is 0. The summed E-state index contributed by atoms with van der Waals surface area (Å²) in [6.45, 7) is 10.4. The van der Waals surface area contributed by atoms with Crippen molar-refractivity contribution in [3.63, 3.8) is 0 Å². The van der Waals surface area contributed by atoms with Gasteiger partial charge in [0.25, 0.3) is 0 Å². The van der Waals surface area contributed by atoms with Crippen LogP contribution in [0.4, 0.5) is 0 Å². The van der Waals surface area contributed by atoms with E-state index in [2.05, 4.69) is 30.7 Å². The van der Waals surface area contributed by atoms with Gasteiger partial charge in [-0.05, 0) is 49.4 Å². The van der Waals surface area contributed by atoms with Gasteiger partial charge in [0.1, 0.15) is 0 Å². The first-order chi connectivity index (χ1) is 10.0. The first-order valence-corrected chi connectivity index (χ1v) is 7.95. The Morgan fingerprint density at radius 1 is 1.10 bits per heavy atom. The summed E-state index contributed by atoms with van der Waals surface area (Å²) in [4.78, 5) is 11.8. The van der Waals surface area contributed by atoms with Crippen molar-refractivity contribution >= 4 is 11.0 Å². The molecule has 0 N–H and O–H groups in total. The fraction of sp³-hybridized carbons (Fsp3) is 0.556. The molecule has 1 aliphatic heterocycles. The number of likely N-dealkylation sites (tertiary alicyclic amines) is 1. The van der Waals surface area contributed by atoms with E-state index in [4.69, 9.17) is 4.98 Å². The number of rotatable bonds is 2. The second-order valence-electron chi connectivity index (χ2n) is 7.27. The number of nitrogens with zero attached hydrogens (tertiary/aromatic N) is 3. The zero-order chi connectivity index (χ0) is 14.9. The van der Waals surface area contributed by atoms with Crippen LogP contribution in [0.15, 0.2) is 30.5 Å². The quantitative estimate of drug-likeness (QED) is 0.837. The van der Waals surface area contributed by atoms with Crippen molar-refractivity contribution in [2.24, 2.45) is 11.3 Å². The topological polar surface area (TPSA) is 29.0 Å². The molecule has 3 rings (SSSR count). The van der Waals surface area contributed by atoms with Crippen molar-refractivity contribution in [1.82, 2.24) is 14.9 Å². The molecule has 0 aliphatic carbocycles. The Morgan fingerprint density at radius 3 is 2.43 bits per heavy atom. The van der Waals surface area contributed by atoms with Gasteiger partial charge >= 0.3 is 0 Å². The smallest absolute Gasteiger partial charge is 0.0890 e. The van der Waals surface area contributed by atoms with E-state index in [1.807, 2.05) is 30.5 Å². The van der Waals surface area contributed by atoms with Crippen LogP contribution in [0.25, 0.3) is 11.0 Å². The second-order valence-corrected chi connectivity index (χ2v) is 7.27. The van der Waals surface area contributed by atoms with E-state index in [9.17, 15) is 0 Å². The Morgan fingerprint density at radius 2 is 1.76 bits per heavy atom. The Balaban J connectivity index is 1.64. The van der Waals surface area contributed by atoms with Crippen LogP contribution in [-0.2, 0) is 6.54 Å². The Hall–Kier alpha value is -1.48. The molecule has 0 spiro atoms. The van der Waals surface area contributed by atoms with Crippen molar-refractivity contribution in [3.8, 4) is 0 Å². The molecular formula is C18H25N3. The van der Waals surface area contributed by atoms with Crippen LogP contribution in [0.1, 0.15) is 39.3 Å². The van der Waals surface area contributed by atoms with Gasteiger partial charge in [0.15, 0.2) is 0 Å². The SMILES string of the molecule is CC(C)(C)C1CCN(Cc2cnc3ccccc3n2)CC1. The average Bonchev–Trinajstić information content (AvgIpc) is 2.47. The van der Waals surface area contributed by atoms with Gasteiger partial charge in [-0.25, -0.2) is 4.98 Å². The zero-order valence-corrected chi connectivity index (χ0v) is 13.3. The predicted octanol–water partition coefficient (Wildman–Crippen LogP) is 3.89. The third-order valence-electron chi connectivity index (χ3n) is 4.70. The van der Waals surface area contributed by atoms with Gasteiger partial charge in [-0.2, -0.15) is 0 Å². The maximum atomic E-state index is 4.73. The second kappa shape index (κ2) is 5.72. The standard InChI is InChI=1S/C18H25N3/c1-18(2,3)14-8-10-21(11-9-14)13-15-12-19-16-6-4-5-7-17(16)20-15/h4-7,12,14H,8-11,13H2,1-3H3. The minimum absolute atomic E-state index is 0.439. The Kier molecular flexibility index (Phi) is 3.94. The maximum Gasteiger partial charge on any atom is 0.0890 e. The van der Waals surface area contributed by atoms with Crippen LogP contribution in [0.3, 0.4) is 0 Å². The molecule has 0 bridgehead atoms. The molecule has 112 valence electrons. The number of piperidine rings is 1. The largest absolute Gasteiger partial charge is 0.297 e. The number of aromatic nitrogens is 2. The van der Waals surface area contributed by atoms with Gasteiger partial charge in [0.05, 0.1) is 22.9 Å². The number of fused-ring (bicyclic) bond motifs is 1. The van der Waals surface area contributed by atoms with Crippen molar-refractivity contribution in [2.45, 2.75) is 40.2 Å². The highest BCUT2D eigenvalue weighted by Crippen LogP contribution is 2.34. The summed E-state index contributed by atoms with van der Waals surface area (Å²) in [5, 5.41) is 0. The first-order valence-electron chi connectivity index (χ1n) is 7.95. The van der Waals surface area contributed by atoms with Gasteiger partial charge in [-0.1, -0.05) is 32.9 Å². The van der Waals surface area contributed by atoms with E-state index in [0.717, 1.165) is 29.2 Å². The molecule has 2 aromatic rings. The minimum Gasteiger partial charge on any atom is -0.297 e. The fourth-order valence-electron chi connectivity index (χ4n) is 3.26. The van der Waals surface area contributed by atoms with E-state index in [1.54, 1.807) is 0 Å². The molecular weight excluding hydrogens is 258 g/mol. The first kappa shape index (κ1) is 14.5. The van der Waals surface area contributed by atoms with Gasteiger partial charge in [0, 0.05) is 6.54 Å². The van der Waals surface area contributed by atoms with Gasteiger partial charge in [-0.3, -0.25) is 9.88 Å². The average molecular weight is 283 g/mol. The van der Waals surface area contributed by atoms with Crippen molar-refractivity contribution in [3.05, 3.63) is 36.2 Å². The third kappa shape index (κ3) is 3.41. The Labute approximate surface area is 127 Å². The molecule has 3 nitrogen and oxygen atoms in total. The van der Waals surface area contributed by atoms with E-state index in [-0.39, 0.29) is 0 Å². The molecule has 0 amide bonds. The van der Waals surface area contributed by atoms with E-state index in [1.165, 1.54) is 25.9 Å². The maximum absolute atomic E-state index is 4.73. The van der Waals surface area contributed by atoms with E-state index < -0.39 is 0 Å². The summed E-state index contributed by atoms with van der Waals surface area (Å²) >= 11 is 0. The number of para-hydroxylation sites is 2. The van der Waals surface area contributed by atoms with Crippen molar-refractivity contribution < 1.29 is 0 Å². The zero-order valence-electron chi connectivity index (χ0n) is 13.3. The van der Waals surface area contributed by atoms with Crippen LogP contribution in [0.2, 0.25) is 0 Å². The lowest BCUT2D eigenvalue weighted by Gasteiger charge is -2.38. The van der Waals surface area contributed by atoms with Gasteiger partial charge in [0.2, 0.25) is 0 Å². The summed E-state index contributed by atoms with van der Waals surface area (Å²) in [5.41, 5.74) is 3.50. The predicted molar refractivity (Wildman–Crippen MR) is 87.0 cm³/mol. The van der Waals surface area contributed by atoms with Crippen LogP contribution in [0.5, 0.6) is 0 Å². The third-order valence-corrected chi connectivity index (χ3v) is 4.70. The molecule has 0 saturated carbocycles. The van der Waals surface area contributed by atoms with Gasteiger partial charge < -0.3 is 0 Å². The fourth-order valence-corrected chi connectivity index (χ4v) is 3.26. The molecule has 1 saturated heterocycles. The van der Waals surface area contributed by atoms with Crippen molar-refractivity contribution in [2.75, 3.05) is 13.1 Å². The number of hydrogen-bond acceptors (Lipinski definition) is 3. The van der Waals surface area contributed by atoms with E-state index >= 15 is 0 Å².